The Morgan fingerprint density at radius 3 is 2.67 bits per heavy atom. The Labute approximate surface area is 114 Å². The minimum Gasteiger partial charge on any atom is -0.363 e. The molecule has 0 atom stereocenters. The summed E-state index contributed by atoms with van der Waals surface area (Å²) in [4.78, 5) is 0. The van der Waals surface area contributed by atoms with Gasteiger partial charge in [-0.2, -0.15) is 10.2 Å². The monoisotopic (exact) mass is 269 g/mol. The van der Waals surface area contributed by atoms with Gasteiger partial charge in [0.15, 0.2) is 5.82 Å². The van der Waals surface area contributed by atoms with Gasteiger partial charge in [-0.3, -0.25) is 9.36 Å². The van der Waals surface area contributed by atoms with Crippen LogP contribution in [0.1, 0.15) is 31.1 Å². The lowest BCUT2D eigenvalue weighted by Crippen LogP contribution is -2.11. The molecule has 6 heteroatoms. The van der Waals surface area contributed by atoms with Gasteiger partial charge < -0.3 is 5.32 Å². The van der Waals surface area contributed by atoms with Crippen LogP contribution in [0.2, 0.25) is 0 Å². The maximum Gasteiger partial charge on any atom is 0.151 e. The number of nitrogens with zero attached hydrogens (tertiary/aromatic N) is 4. The first kappa shape index (κ1) is 14.6. The normalized spacial score (nSPS) is 10.5. The second-order valence-electron chi connectivity index (χ2n) is 4.55. The summed E-state index contributed by atoms with van der Waals surface area (Å²) in [6.07, 6.45) is 3.84. The van der Waals surface area contributed by atoms with E-state index < -0.39 is 0 Å². The summed E-state index contributed by atoms with van der Waals surface area (Å²) >= 11 is 0. The quantitative estimate of drug-likeness (QED) is 0.928. The van der Waals surface area contributed by atoms with Crippen molar-refractivity contribution in [2.75, 3.05) is 5.32 Å². The lowest BCUT2D eigenvalue weighted by Gasteiger charge is -2.11. The molecule has 0 aliphatic carbocycles. The van der Waals surface area contributed by atoms with Crippen molar-refractivity contribution >= 4 is 18.2 Å². The minimum absolute atomic E-state index is 0. The van der Waals surface area contributed by atoms with Crippen molar-refractivity contribution in [2.45, 2.75) is 33.4 Å². The highest BCUT2D eigenvalue weighted by molar-refractivity contribution is 5.85. The third kappa shape index (κ3) is 3.04. The van der Waals surface area contributed by atoms with E-state index in [0.29, 0.717) is 6.04 Å². The molecule has 0 radical (unpaired) electrons. The molecule has 0 aliphatic heterocycles. The Kier molecular flexibility index (Phi) is 4.78. The first-order valence-electron chi connectivity index (χ1n) is 5.84. The smallest absolute Gasteiger partial charge is 0.151 e. The third-order valence-corrected chi connectivity index (χ3v) is 2.69. The van der Waals surface area contributed by atoms with E-state index in [1.807, 2.05) is 34.9 Å². The molecular formula is C12H20ClN5. The minimum atomic E-state index is 0. The van der Waals surface area contributed by atoms with Crippen LogP contribution in [0.25, 0.3) is 0 Å². The van der Waals surface area contributed by atoms with Crippen molar-refractivity contribution in [3.8, 4) is 0 Å². The number of aryl methyl sites for hydroxylation is 2. The van der Waals surface area contributed by atoms with E-state index in [0.717, 1.165) is 17.9 Å². The molecule has 2 aromatic heterocycles. The number of rotatable bonds is 4. The van der Waals surface area contributed by atoms with Crippen LogP contribution in [0.5, 0.6) is 0 Å². The SMILES string of the molecule is Cc1cn(C)nc1NCc1ccnn1C(C)C.Cl. The zero-order chi connectivity index (χ0) is 12.4. The van der Waals surface area contributed by atoms with Gasteiger partial charge >= 0.3 is 0 Å². The maximum atomic E-state index is 4.36. The van der Waals surface area contributed by atoms with Crippen molar-refractivity contribution in [1.29, 1.82) is 0 Å². The standard InChI is InChI=1S/C12H19N5.ClH/c1-9(2)17-11(5-6-14-17)7-13-12-10(3)8-16(4)15-12;/h5-6,8-9H,7H2,1-4H3,(H,13,15);1H. The Bertz CT molecular complexity index is 500. The maximum absolute atomic E-state index is 4.36. The molecule has 0 fully saturated rings. The fourth-order valence-electron chi connectivity index (χ4n) is 1.90. The number of aromatic nitrogens is 4. The summed E-state index contributed by atoms with van der Waals surface area (Å²) in [6.45, 7) is 7.05. The molecule has 0 aliphatic rings. The average molecular weight is 270 g/mol. The van der Waals surface area contributed by atoms with E-state index in [1.54, 1.807) is 0 Å². The Morgan fingerprint density at radius 2 is 2.11 bits per heavy atom. The van der Waals surface area contributed by atoms with Crippen LogP contribution in [-0.2, 0) is 13.6 Å². The molecule has 2 rings (SSSR count). The van der Waals surface area contributed by atoms with Gasteiger partial charge in [0.1, 0.15) is 0 Å². The van der Waals surface area contributed by atoms with Crippen molar-refractivity contribution < 1.29 is 0 Å². The first-order chi connectivity index (χ1) is 8.08. The summed E-state index contributed by atoms with van der Waals surface area (Å²) in [5.74, 6) is 0.934. The highest BCUT2D eigenvalue weighted by atomic mass is 35.5. The van der Waals surface area contributed by atoms with E-state index in [-0.39, 0.29) is 12.4 Å². The van der Waals surface area contributed by atoms with Crippen LogP contribution in [0.4, 0.5) is 5.82 Å². The summed E-state index contributed by atoms with van der Waals surface area (Å²) in [7, 11) is 1.93. The molecule has 100 valence electrons. The fourth-order valence-corrected chi connectivity index (χ4v) is 1.90. The van der Waals surface area contributed by atoms with E-state index in [2.05, 4.69) is 36.3 Å². The van der Waals surface area contributed by atoms with Gasteiger partial charge in [0.25, 0.3) is 0 Å². The second kappa shape index (κ2) is 5.91. The van der Waals surface area contributed by atoms with Gasteiger partial charge in [0, 0.05) is 31.0 Å². The van der Waals surface area contributed by atoms with E-state index in [1.165, 1.54) is 5.69 Å². The average Bonchev–Trinajstić information content (AvgIpc) is 2.82. The van der Waals surface area contributed by atoms with Crippen molar-refractivity contribution in [2.24, 2.45) is 7.05 Å². The molecule has 0 amide bonds. The van der Waals surface area contributed by atoms with Gasteiger partial charge in [-0.15, -0.1) is 12.4 Å². The fraction of sp³-hybridized carbons (Fsp3) is 0.500. The van der Waals surface area contributed by atoms with Crippen LogP contribution in [0.15, 0.2) is 18.5 Å². The molecule has 0 aromatic carbocycles. The highest BCUT2D eigenvalue weighted by Crippen LogP contribution is 2.13. The summed E-state index contributed by atoms with van der Waals surface area (Å²) in [5.41, 5.74) is 2.33. The van der Waals surface area contributed by atoms with Crippen LogP contribution in [0, 0.1) is 6.92 Å². The summed E-state index contributed by atoms with van der Waals surface area (Å²) < 4.78 is 3.84. The van der Waals surface area contributed by atoms with Gasteiger partial charge in [-0.05, 0) is 26.8 Å². The largest absolute Gasteiger partial charge is 0.363 e. The molecule has 18 heavy (non-hydrogen) atoms. The van der Waals surface area contributed by atoms with E-state index >= 15 is 0 Å². The summed E-state index contributed by atoms with van der Waals surface area (Å²) in [5, 5.41) is 12.0. The van der Waals surface area contributed by atoms with Gasteiger partial charge in [-0.25, -0.2) is 0 Å². The lowest BCUT2D eigenvalue weighted by molar-refractivity contribution is 0.512. The van der Waals surface area contributed by atoms with E-state index in [4.69, 9.17) is 0 Å². The van der Waals surface area contributed by atoms with E-state index in [9.17, 15) is 0 Å². The lowest BCUT2D eigenvalue weighted by atomic mass is 10.3. The molecule has 1 N–H and O–H groups in total. The molecule has 0 bridgehead atoms. The van der Waals surface area contributed by atoms with Crippen molar-refractivity contribution in [3.05, 3.63) is 29.7 Å². The zero-order valence-corrected chi connectivity index (χ0v) is 12.0. The molecule has 0 saturated carbocycles. The molecular weight excluding hydrogens is 250 g/mol. The predicted molar refractivity (Wildman–Crippen MR) is 75.1 cm³/mol. The number of nitrogens with one attached hydrogen (secondary N) is 1. The van der Waals surface area contributed by atoms with Crippen molar-refractivity contribution in [3.63, 3.8) is 0 Å². The Hall–Kier alpha value is -1.49. The molecule has 0 unspecified atom stereocenters. The van der Waals surface area contributed by atoms with Crippen LogP contribution < -0.4 is 5.32 Å². The summed E-state index contributed by atoms with van der Waals surface area (Å²) in [6, 6.07) is 2.41. The van der Waals surface area contributed by atoms with Gasteiger partial charge in [-0.1, -0.05) is 0 Å². The van der Waals surface area contributed by atoms with Gasteiger partial charge in [0.2, 0.25) is 0 Å². The second-order valence-corrected chi connectivity index (χ2v) is 4.55. The van der Waals surface area contributed by atoms with Gasteiger partial charge in [0.05, 0.1) is 12.2 Å². The predicted octanol–water partition coefficient (Wildman–Crippen LogP) is 2.54. The Morgan fingerprint density at radius 1 is 1.39 bits per heavy atom. The van der Waals surface area contributed by atoms with Crippen LogP contribution in [0.3, 0.4) is 0 Å². The number of anilines is 1. The molecule has 0 spiro atoms. The number of hydrogen-bond donors (Lipinski definition) is 1. The number of hydrogen-bond acceptors (Lipinski definition) is 3. The van der Waals surface area contributed by atoms with Crippen molar-refractivity contribution in [1.82, 2.24) is 19.6 Å². The highest BCUT2D eigenvalue weighted by Gasteiger charge is 2.07. The molecule has 5 nitrogen and oxygen atoms in total. The third-order valence-electron chi connectivity index (χ3n) is 2.69. The Balaban J connectivity index is 0.00000162. The molecule has 0 saturated heterocycles. The van der Waals surface area contributed by atoms with Crippen LogP contribution >= 0.6 is 12.4 Å². The topological polar surface area (TPSA) is 47.7 Å². The first-order valence-corrected chi connectivity index (χ1v) is 5.84. The molecule has 2 heterocycles. The zero-order valence-electron chi connectivity index (χ0n) is 11.2. The van der Waals surface area contributed by atoms with Crippen LogP contribution in [-0.4, -0.2) is 19.6 Å². The number of halogens is 1. The molecule has 2 aromatic rings.